The smallest absolute Gasteiger partial charge is 0.165 e. The molecule has 1 N–H and O–H groups in total. The van der Waals surface area contributed by atoms with Crippen molar-refractivity contribution in [2.24, 2.45) is 0 Å². The Morgan fingerprint density at radius 2 is 2.05 bits per heavy atom. The highest BCUT2D eigenvalue weighted by Crippen LogP contribution is 2.30. The van der Waals surface area contributed by atoms with E-state index in [1.54, 1.807) is 7.11 Å². The van der Waals surface area contributed by atoms with Gasteiger partial charge in [-0.25, -0.2) is 0 Å². The maximum absolute atomic E-state index is 5.57. The molecule has 0 heterocycles. The van der Waals surface area contributed by atoms with Gasteiger partial charge in [0.2, 0.25) is 0 Å². The minimum Gasteiger partial charge on any atom is -0.493 e. The Labute approximate surface area is 116 Å². The second-order valence-electron chi connectivity index (χ2n) is 4.45. The number of rotatable bonds is 9. The standard InChI is InChI=1S/C15H26N2O2/c1-5-17(3)11-10-16-12-13-8-7-9-14(19-6-2)15(13)18-4/h7-9,16H,5-6,10-12H2,1-4H3. The van der Waals surface area contributed by atoms with E-state index < -0.39 is 0 Å². The summed E-state index contributed by atoms with van der Waals surface area (Å²) >= 11 is 0. The van der Waals surface area contributed by atoms with Gasteiger partial charge in [-0.3, -0.25) is 0 Å². The molecule has 0 aliphatic heterocycles. The fourth-order valence-corrected chi connectivity index (χ4v) is 1.85. The third kappa shape index (κ3) is 5.09. The van der Waals surface area contributed by atoms with Crippen molar-refractivity contribution in [1.82, 2.24) is 10.2 Å². The number of hydrogen-bond donors (Lipinski definition) is 1. The SMILES string of the molecule is CCOc1cccc(CNCCN(C)CC)c1OC. The lowest BCUT2D eigenvalue weighted by Crippen LogP contribution is -2.28. The van der Waals surface area contributed by atoms with Gasteiger partial charge in [-0.1, -0.05) is 19.1 Å². The molecule has 0 radical (unpaired) electrons. The van der Waals surface area contributed by atoms with Crippen LogP contribution in [0.1, 0.15) is 19.4 Å². The zero-order chi connectivity index (χ0) is 14.1. The van der Waals surface area contributed by atoms with E-state index in [-0.39, 0.29) is 0 Å². The largest absolute Gasteiger partial charge is 0.493 e. The number of ether oxygens (including phenoxy) is 2. The van der Waals surface area contributed by atoms with E-state index >= 15 is 0 Å². The van der Waals surface area contributed by atoms with Crippen LogP contribution in [0.3, 0.4) is 0 Å². The molecule has 0 spiro atoms. The molecule has 0 fully saturated rings. The van der Waals surface area contributed by atoms with Crippen molar-refractivity contribution in [3.05, 3.63) is 23.8 Å². The quantitative estimate of drug-likeness (QED) is 0.694. The minimum atomic E-state index is 0.647. The van der Waals surface area contributed by atoms with Crippen LogP contribution < -0.4 is 14.8 Å². The Morgan fingerprint density at radius 1 is 1.26 bits per heavy atom. The zero-order valence-electron chi connectivity index (χ0n) is 12.5. The van der Waals surface area contributed by atoms with Crippen molar-refractivity contribution < 1.29 is 9.47 Å². The van der Waals surface area contributed by atoms with Gasteiger partial charge in [-0.2, -0.15) is 0 Å². The first-order chi connectivity index (χ1) is 9.22. The zero-order valence-corrected chi connectivity index (χ0v) is 12.5. The maximum Gasteiger partial charge on any atom is 0.165 e. The number of para-hydroxylation sites is 1. The molecule has 0 saturated carbocycles. The van der Waals surface area contributed by atoms with E-state index in [0.717, 1.165) is 43.2 Å². The van der Waals surface area contributed by atoms with Crippen molar-refractivity contribution in [2.45, 2.75) is 20.4 Å². The van der Waals surface area contributed by atoms with Crippen LogP contribution in [-0.2, 0) is 6.54 Å². The first-order valence-electron chi connectivity index (χ1n) is 6.90. The molecule has 0 amide bonds. The molecular formula is C15H26N2O2. The van der Waals surface area contributed by atoms with Gasteiger partial charge in [-0.15, -0.1) is 0 Å². The summed E-state index contributed by atoms with van der Waals surface area (Å²) < 4.78 is 11.0. The first-order valence-corrected chi connectivity index (χ1v) is 6.90. The molecule has 4 nitrogen and oxygen atoms in total. The van der Waals surface area contributed by atoms with Gasteiger partial charge in [-0.05, 0) is 26.6 Å². The molecule has 0 bridgehead atoms. The molecule has 0 aliphatic rings. The average molecular weight is 266 g/mol. The summed E-state index contributed by atoms with van der Waals surface area (Å²) in [6.07, 6.45) is 0. The number of nitrogens with zero attached hydrogens (tertiary/aromatic N) is 1. The second kappa shape index (κ2) is 8.77. The predicted molar refractivity (Wildman–Crippen MR) is 79.0 cm³/mol. The Hall–Kier alpha value is -1.26. The third-order valence-electron chi connectivity index (χ3n) is 3.09. The number of hydrogen-bond acceptors (Lipinski definition) is 4. The van der Waals surface area contributed by atoms with Gasteiger partial charge < -0.3 is 19.7 Å². The Morgan fingerprint density at radius 3 is 2.68 bits per heavy atom. The van der Waals surface area contributed by atoms with Gasteiger partial charge in [0.25, 0.3) is 0 Å². The van der Waals surface area contributed by atoms with Gasteiger partial charge in [0, 0.05) is 25.2 Å². The molecular weight excluding hydrogens is 240 g/mol. The van der Waals surface area contributed by atoms with E-state index in [4.69, 9.17) is 9.47 Å². The molecule has 0 aliphatic carbocycles. The summed E-state index contributed by atoms with van der Waals surface area (Å²) in [4.78, 5) is 2.28. The highest BCUT2D eigenvalue weighted by atomic mass is 16.5. The lowest BCUT2D eigenvalue weighted by Gasteiger charge is -2.16. The van der Waals surface area contributed by atoms with Gasteiger partial charge in [0.15, 0.2) is 11.5 Å². The van der Waals surface area contributed by atoms with Gasteiger partial charge in [0.1, 0.15) is 0 Å². The fourth-order valence-electron chi connectivity index (χ4n) is 1.85. The Kier molecular flexibility index (Phi) is 7.30. The molecule has 0 saturated heterocycles. The van der Waals surface area contributed by atoms with E-state index in [2.05, 4.69) is 30.3 Å². The van der Waals surface area contributed by atoms with Crippen molar-refractivity contribution >= 4 is 0 Å². The monoisotopic (exact) mass is 266 g/mol. The summed E-state index contributed by atoms with van der Waals surface area (Å²) in [5, 5.41) is 3.43. The van der Waals surface area contributed by atoms with Crippen LogP contribution in [0.2, 0.25) is 0 Å². The van der Waals surface area contributed by atoms with Crippen LogP contribution in [0.5, 0.6) is 11.5 Å². The number of nitrogens with one attached hydrogen (secondary N) is 1. The molecule has 4 heteroatoms. The second-order valence-corrected chi connectivity index (χ2v) is 4.45. The number of likely N-dealkylation sites (N-methyl/N-ethyl adjacent to an activating group) is 1. The summed E-state index contributed by atoms with van der Waals surface area (Å²) in [7, 11) is 3.81. The van der Waals surface area contributed by atoms with Crippen molar-refractivity contribution in [1.29, 1.82) is 0 Å². The van der Waals surface area contributed by atoms with Crippen LogP contribution in [0.15, 0.2) is 18.2 Å². The van der Waals surface area contributed by atoms with Gasteiger partial charge in [0.05, 0.1) is 13.7 Å². The molecule has 0 unspecified atom stereocenters. The maximum atomic E-state index is 5.57. The first kappa shape index (κ1) is 15.8. The molecule has 19 heavy (non-hydrogen) atoms. The normalized spacial score (nSPS) is 10.8. The molecule has 0 aromatic heterocycles. The van der Waals surface area contributed by atoms with Gasteiger partial charge >= 0.3 is 0 Å². The molecule has 108 valence electrons. The van der Waals surface area contributed by atoms with Crippen LogP contribution >= 0.6 is 0 Å². The van der Waals surface area contributed by atoms with Crippen LogP contribution in [0.25, 0.3) is 0 Å². The third-order valence-corrected chi connectivity index (χ3v) is 3.09. The number of methoxy groups -OCH3 is 1. The van der Waals surface area contributed by atoms with Crippen LogP contribution in [0.4, 0.5) is 0 Å². The van der Waals surface area contributed by atoms with E-state index in [1.807, 2.05) is 19.1 Å². The topological polar surface area (TPSA) is 33.7 Å². The minimum absolute atomic E-state index is 0.647. The fraction of sp³-hybridized carbons (Fsp3) is 0.600. The van der Waals surface area contributed by atoms with Crippen LogP contribution in [0, 0.1) is 0 Å². The van der Waals surface area contributed by atoms with E-state index in [1.165, 1.54) is 0 Å². The summed E-state index contributed by atoms with van der Waals surface area (Å²) in [5.41, 5.74) is 1.13. The van der Waals surface area contributed by atoms with Crippen molar-refractivity contribution in [3.8, 4) is 11.5 Å². The van der Waals surface area contributed by atoms with Crippen molar-refractivity contribution in [2.75, 3.05) is 40.4 Å². The predicted octanol–water partition coefficient (Wildman–Crippen LogP) is 2.14. The van der Waals surface area contributed by atoms with Crippen LogP contribution in [-0.4, -0.2) is 45.3 Å². The lowest BCUT2D eigenvalue weighted by atomic mass is 10.2. The summed E-state index contributed by atoms with van der Waals surface area (Å²) in [6.45, 7) is 8.66. The summed E-state index contributed by atoms with van der Waals surface area (Å²) in [6, 6.07) is 6.01. The highest BCUT2D eigenvalue weighted by molar-refractivity contribution is 5.46. The molecule has 1 aromatic rings. The lowest BCUT2D eigenvalue weighted by molar-refractivity contribution is 0.308. The number of benzene rings is 1. The van der Waals surface area contributed by atoms with E-state index in [9.17, 15) is 0 Å². The average Bonchev–Trinajstić information content (AvgIpc) is 2.43. The summed E-state index contributed by atoms with van der Waals surface area (Å²) in [5.74, 6) is 1.65. The van der Waals surface area contributed by atoms with E-state index in [0.29, 0.717) is 6.61 Å². The Bertz CT molecular complexity index is 369. The molecule has 1 rings (SSSR count). The molecule has 0 atom stereocenters. The molecule has 1 aromatic carbocycles. The Balaban J connectivity index is 2.55. The highest BCUT2D eigenvalue weighted by Gasteiger charge is 2.09. The van der Waals surface area contributed by atoms with Crippen molar-refractivity contribution in [3.63, 3.8) is 0 Å².